The van der Waals surface area contributed by atoms with Gasteiger partial charge in [-0.2, -0.15) is 5.10 Å². The first-order valence-corrected chi connectivity index (χ1v) is 9.25. The molecule has 30 heavy (non-hydrogen) atoms. The van der Waals surface area contributed by atoms with Crippen LogP contribution >= 0.6 is 0 Å². The Morgan fingerprint density at radius 2 is 1.77 bits per heavy atom. The number of nitrogens with two attached hydrogens (primary N) is 1. The number of methoxy groups -OCH3 is 2. The van der Waals surface area contributed by atoms with Crippen molar-refractivity contribution in [2.45, 2.75) is 6.92 Å². The highest BCUT2D eigenvalue weighted by atomic mass is 16.5. The lowest BCUT2D eigenvalue weighted by Crippen LogP contribution is -2.14. The van der Waals surface area contributed by atoms with Gasteiger partial charge in [-0.15, -0.1) is 0 Å². The van der Waals surface area contributed by atoms with Gasteiger partial charge in [0, 0.05) is 24.0 Å². The molecule has 0 saturated heterocycles. The van der Waals surface area contributed by atoms with Crippen molar-refractivity contribution in [1.82, 2.24) is 14.8 Å². The summed E-state index contributed by atoms with van der Waals surface area (Å²) in [4.78, 5) is 16.6. The molecular weight excluding hydrogens is 382 g/mol. The number of aryl methyl sites for hydroxylation is 1. The average Bonchev–Trinajstić information content (AvgIpc) is 3.11. The Kier molecular flexibility index (Phi) is 4.97. The fraction of sp³-hybridized carbons (Fsp3) is 0.136. The van der Waals surface area contributed by atoms with Gasteiger partial charge >= 0.3 is 0 Å². The lowest BCUT2D eigenvalue weighted by Gasteiger charge is -2.13. The number of amides is 1. The highest BCUT2D eigenvalue weighted by molar-refractivity contribution is 6.07. The van der Waals surface area contributed by atoms with Crippen molar-refractivity contribution in [2.75, 3.05) is 19.5 Å². The van der Waals surface area contributed by atoms with E-state index < -0.39 is 5.91 Å². The zero-order valence-corrected chi connectivity index (χ0v) is 16.8. The monoisotopic (exact) mass is 403 g/mol. The summed E-state index contributed by atoms with van der Waals surface area (Å²) in [6.07, 6.45) is 1.46. The van der Waals surface area contributed by atoms with Gasteiger partial charge in [0.15, 0.2) is 5.65 Å². The van der Waals surface area contributed by atoms with Gasteiger partial charge in [0.2, 0.25) is 0 Å². The zero-order valence-electron chi connectivity index (χ0n) is 16.8. The maximum Gasteiger partial charge on any atom is 0.252 e. The molecule has 0 saturated carbocycles. The van der Waals surface area contributed by atoms with E-state index in [0.717, 1.165) is 11.4 Å². The number of carbonyl (C=O) groups is 1. The predicted octanol–water partition coefficient (Wildman–Crippen LogP) is 3.59. The molecule has 0 spiro atoms. The number of nitrogens with one attached hydrogen (secondary N) is 1. The second kappa shape index (κ2) is 7.75. The van der Waals surface area contributed by atoms with Crippen molar-refractivity contribution in [3.8, 4) is 17.2 Å². The van der Waals surface area contributed by atoms with Gasteiger partial charge < -0.3 is 20.5 Å². The lowest BCUT2D eigenvalue weighted by atomic mass is 10.1. The summed E-state index contributed by atoms with van der Waals surface area (Å²) in [7, 11) is 3.21. The normalized spacial score (nSPS) is 10.8. The Morgan fingerprint density at radius 1 is 1.07 bits per heavy atom. The van der Waals surface area contributed by atoms with Crippen molar-refractivity contribution in [3.05, 3.63) is 66.0 Å². The fourth-order valence-electron chi connectivity index (χ4n) is 3.34. The Hall–Kier alpha value is -4.07. The predicted molar refractivity (Wildman–Crippen MR) is 115 cm³/mol. The molecule has 8 heteroatoms. The van der Waals surface area contributed by atoms with E-state index in [-0.39, 0.29) is 5.56 Å². The zero-order chi connectivity index (χ0) is 21.3. The minimum absolute atomic E-state index is 0.276. The largest absolute Gasteiger partial charge is 0.497 e. The van der Waals surface area contributed by atoms with Gasteiger partial charge in [-0.05, 0) is 31.2 Å². The van der Waals surface area contributed by atoms with Gasteiger partial charge in [-0.1, -0.05) is 12.1 Å². The molecule has 2 heterocycles. The summed E-state index contributed by atoms with van der Waals surface area (Å²) in [5.41, 5.74) is 9.29. The number of anilines is 2. The minimum Gasteiger partial charge on any atom is -0.497 e. The third kappa shape index (κ3) is 3.39. The molecule has 0 atom stereocenters. The summed E-state index contributed by atoms with van der Waals surface area (Å²) < 4.78 is 12.3. The molecule has 1 amide bonds. The molecule has 0 radical (unpaired) electrons. The number of rotatable bonds is 6. The number of carbonyl (C=O) groups excluding carboxylic acids is 1. The number of pyridine rings is 1. The van der Waals surface area contributed by atoms with Gasteiger partial charge in [0.25, 0.3) is 5.91 Å². The second-order valence-electron chi connectivity index (χ2n) is 6.67. The molecule has 0 fully saturated rings. The van der Waals surface area contributed by atoms with Crippen LogP contribution in [0.4, 0.5) is 11.4 Å². The van der Waals surface area contributed by atoms with Crippen molar-refractivity contribution >= 4 is 28.3 Å². The molecule has 0 bridgehead atoms. The van der Waals surface area contributed by atoms with Crippen LogP contribution in [-0.2, 0) is 0 Å². The van der Waals surface area contributed by atoms with Crippen LogP contribution in [0.15, 0.2) is 54.7 Å². The second-order valence-corrected chi connectivity index (χ2v) is 6.67. The van der Waals surface area contributed by atoms with Crippen LogP contribution in [0.25, 0.3) is 16.7 Å². The Balaban J connectivity index is 1.92. The van der Waals surface area contributed by atoms with Crippen LogP contribution in [0.1, 0.15) is 16.1 Å². The van der Waals surface area contributed by atoms with E-state index in [1.807, 2.05) is 55.5 Å². The number of hydrogen-bond acceptors (Lipinski definition) is 6. The number of hydrogen-bond donors (Lipinski definition) is 2. The van der Waals surface area contributed by atoms with Crippen molar-refractivity contribution < 1.29 is 14.3 Å². The van der Waals surface area contributed by atoms with E-state index >= 15 is 0 Å². The summed E-state index contributed by atoms with van der Waals surface area (Å²) >= 11 is 0. The number of fused-ring (bicyclic) bond motifs is 1. The molecule has 0 aliphatic heterocycles. The molecule has 0 unspecified atom stereocenters. The SMILES string of the molecule is COc1cccc(Nc2c(C(N)=O)cnc3c2c(C)nn3-c2cccc(OC)c2)c1. The van der Waals surface area contributed by atoms with E-state index in [1.54, 1.807) is 18.9 Å². The molecular formula is C22H21N5O3. The highest BCUT2D eigenvalue weighted by Gasteiger charge is 2.20. The standard InChI is InChI=1S/C22H21N5O3/c1-13-19-20(25-14-6-4-8-16(10-14)29-2)18(21(23)28)12-24-22(19)27(26-13)15-7-5-9-17(11-15)30-3/h4-12H,1-3H3,(H2,23,28)(H,24,25). The van der Waals surface area contributed by atoms with E-state index in [4.69, 9.17) is 15.2 Å². The topological polar surface area (TPSA) is 104 Å². The number of benzene rings is 2. The number of ether oxygens (including phenoxy) is 2. The number of primary amides is 1. The van der Waals surface area contributed by atoms with Gasteiger partial charge in [-0.3, -0.25) is 4.79 Å². The maximum absolute atomic E-state index is 12.1. The van der Waals surface area contributed by atoms with Crippen LogP contribution in [0.5, 0.6) is 11.5 Å². The Morgan fingerprint density at radius 3 is 2.47 bits per heavy atom. The van der Waals surface area contributed by atoms with Gasteiger partial charge in [0.1, 0.15) is 11.5 Å². The van der Waals surface area contributed by atoms with Gasteiger partial charge in [0.05, 0.1) is 42.2 Å². The van der Waals surface area contributed by atoms with Crippen molar-refractivity contribution in [3.63, 3.8) is 0 Å². The molecule has 0 aliphatic carbocycles. The van der Waals surface area contributed by atoms with Crippen LogP contribution in [0.3, 0.4) is 0 Å². The Labute approximate surface area is 173 Å². The summed E-state index contributed by atoms with van der Waals surface area (Å²) in [6.45, 7) is 1.86. The highest BCUT2D eigenvalue weighted by Crippen LogP contribution is 2.33. The van der Waals surface area contributed by atoms with Crippen LogP contribution < -0.4 is 20.5 Å². The first kappa shape index (κ1) is 19.3. The smallest absolute Gasteiger partial charge is 0.252 e. The molecule has 2 aromatic heterocycles. The molecule has 4 aromatic rings. The lowest BCUT2D eigenvalue weighted by molar-refractivity contribution is 0.100. The molecule has 3 N–H and O–H groups in total. The molecule has 8 nitrogen and oxygen atoms in total. The third-order valence-corrected chi connectivity index (χ3v) is 4.77. The van der Waals surface area contributed by atoms with E-state index in [9.17, 15) is 4.79 Å². The molecule has 2 aromatic carbocycles. The van der Waals surface area contributed by atoms with Crippen LogP contribution in [-0.4, -0.2) is 34.9 Å². The maximum atomic E-state index is 12.1. The third-order valence-electron chi connectivity index (χ3n) is 4.77. The molecule has 0 aliphatic rings. The van der Waals surface area contributed by atoms with Crippen LogP contribution in [0, 0.1) is 6.92 Å². The van der Waals surface area contributed by atoms with E-state index in [1.165, 1.54) is 6.20 Å². The summed E-state index contributed by atoms with van der Waals surface area (Å²) in [5.74, 6) is 0.815. The summed E-state index contributed by atoms with van der Waals surface area (Å²) in [6, 6.07) is 14.9. The average molecular weight is 403 g/mol. The number of aromatic nitrogens is 3. The fourth-order valence-corrected chi connectivity index (χ4v) is 3.34. The van der Waals surface area contributed by atoms with Crippen molar-refractivity contribution in [2.24, 2.45) is 5.73 Å². The number of nitrogens with zero attached hydrogens (tertiary/aromatic N) is 3. The molecule has 4 rings (SSSR count). The first-order valence-electron chi connectivity index (χ1n) is 9.25. The van der Waals surface area contributed by atoms with Crippen LogP contribution in [0.2, 0.25) is 0 Å². The first-order chi connectivity index (χ1) is 14.5. The Bertz CT molecular complexity index is 1250. The van der Waals surface area contributed by atoms with Crippen molar-refractivity contribution in [1.29, 1.82) is 0 Å². The summed E-state index contributed by atoms with van der Waals surface area (Å²) in [5, 5.41) is 8.66. The quantitative estimate of drug-likeness (QED) is 0.510. The minimum atomic E-state index is -0.580. The van der Waals surface area contributed by atoms with E-state index in [0.29, 0.717) is 33.9 Å². The van der Waals surface area contributed by atoms with E-state index in [2.05, 4.69) is 15.4 Å². The molecule has 152 valence electrons. The van der Waals surface area contributed by atoms with Gasteiger partial charge in [-0.25, -0.2) is 9.67 Å².